The molecule has 4 aromatic rings. The molecule has 108 valence electrons. The van der Waals surface area contributed by atoms with Crippen LogP contribution >= 0.6 is 11.3 Å². The quantitative estimate of drug-likeness (QED) is 0.616. The van der Waals surface area contributed by atoms with Gasteiger partial charge in [-0.2, -0.15) is 0 Å². The van der Waals surface area contributed by atoms with Crippen molar-refractivity contribution in [3.63, 3.8) is 0 Å². The van der Waals surface area contributed by atoms with E-state index in [-0.39, 0.29) is 5.91 Å². The lowest BCUT2D eigenvalue weighted by Gasteiger charge is -2.03. The highest BCUT2D eigenvalue weighted by molar-refractivity contribution is 7.22. The minimum absolute atomic E-state index is 0.201. The number of amides is 1. The van der Waals surface area contributed by atoms with Crippen molar-refractivity contribution in [3.8, 4) is 0 Å². The van der Waals surface area contributed by atoms with Gasteiger partial charge in [0.1, 0.15) is 5.65 Å². The molecule has 4 rings (SSSR count). The average Bonchev–Trinajstić information content (AvgIpc) is 3.11. The van der Waals surface area contributed by atoms with E-state index in [1.54, 1.807) is 12.3 Å². The molecule has 0 aliphatic carbocycles. The monoisotopic (exact) mass is 308 g/mol. The molecular weight excluding hydrogens is 296 g/mol. The molecule has 3 heterocycles. The van der Waals surface area contributed by atoms with Crippen LogP contribution < -0.4 is 5.32 Å². The van der Waals surface area contributed by atoms with Crippen molar-refractivity contribution in [2.75, 3.05) is 5.32 Å². The van der Waals surface area contributed by atoms with Gasteiger partial charge >= 0.3 is 0 Å². The molecule has 1 aromatic carbocycles. The van der Waals surface area contributed by atoms with E-state index < -0.39 is 0 Å². The maximum Gasteiger partial charge on any atom is 0.261 e. The van der Waals surface area contributed by atoms with Crippen LogP contribution in [0.4, 0.5) is 5.13 Å². The summed E-state index contributed by atoms with van der Waals surface area (Å²) in [6.45, 7) is 2.04. The number of nitrogens with zero attached hydrogens (tertiary/aromatic N) is 3. The Morgan fingerprint density at radius 3 is 3.09 bits per heavy atom. The number of rotatable bonds is 2. The number of carbonyl (C=O) groups is 1. The van der Waals surface area contributed by atoms with E-state index in [2.05, 4.69) is 21.4 Å². The second-order valence-electron chi connectivity index (χ2n) is 5.02. The van der Waals surface area contributed by atoms with Crippen molar-refractivity contribution >= 4 is 38.2 Å². The van der Waals surface area contributed by atoms with Gasteiger partial charge < -0.3 is 4.40 Å². The van der Waals surface area contributed by atoms with Crippen LogP contribution in [0.1, 0.15) is 15.9 Å². The first-order valence-corrected chi connectivity index (χ1v) is 7.62. The van der Waals surface area contributed by atoms with Crippen LogP contribution in [0.2, 0.25) is 0 Å². The number of benzene rings is 1. The summed E-state index contributed by atoms with van der Waals surface area (Å²) < 4.78 is 2.88. The molecule has 5 nitrogen and oxygen atoms in total. The maximum atomic E-state index is 12.5. The van der Waals surface area contributed by atoms with Crippen molar-refractivity contribution < 1.29 is 4.79 Å². The maximum absolute atomic E-state index is 12.5. The standard InChI is InChI=1S/C16H12N4OS/c1-10-4-5-12-13(9-10)22-16(18-12)19-15(21)11-3-2-7-20-8-6-17-14(11)20/h2-9H,1H3,(H,18,19,21). The van der Waals surface area contributed by atoms with Gasteiger partial charge in [0.25, 0.3) is 5.91 Å². The van der Waals surface area contributed by atoms with E-state index in [1.807, 2.05) is 41.9 Å². The second kappa shape index (κ2) is 4.92. The summed E-state index contributed by atoms with van der Waals surface area (Å²) in [6, 6.07) is 9.63. The molecule has 1 N–H and O–H groups in total. The fourth-order valence-electron chi connectivity index (χ4n) is 2.38. The van der Waals surface area contributed by atoms with Gasteiger partial charge in [0, 0.05) is 18.6 Å². The number of carbonyl (C=O) groups excluding carboxylic acids is 1. The van der Waals surface area contributed by atoms with Crippen LogP contribution in [0.15, 0.2) is 48.9 Å². The molecule has 0 radical (unpaired) electrons. The number of nitrogens with one attached hydrogen (secondary N) is 1. The fraction of sp³-hybridized carbons (Fsp3) is 0.0625. The van der Waals surface area contributed by atoms with E-state index >= 15 is 0 Å². The number of imidazole rings is 1. The lowest BCUT2D eigenvalue weighted by molar-refractivity contribution is 0.102. The first-order valence-electron chi connectivity index (χ1n) is 6.81. The summed E-state index contributed by atoms with van der Waals surface area (Å²) >= 11 is 1.47. The highest BCUT2D eigenvalue weighted by Crippen LogP contribution is 2.27. The summed E-state index contributed by atoms with van der Waals surface area (Å²) in [5.74, 6) is -0.201. The third kappa shape index (κ3) is 2.14. The molecule has 0 bridgehead atoms. The molecule has 0 aliphatic heterocycles. The Balaban J connectivity index is 1.69. The predicted molar refractivity (Wildman–Crippen MR) is 87.5 cm³/mol. The summed E-state index contributed by atoms with van der Waals surface area (Å²) in [5, 5.41) is 3.46. The van der Waals surface area contributed by atoms with Gasteiger partial charge in [-0.05, 0) is 36.8 Å². The molecule has 0 unspecified atom stereocenters. The minimum Gasteiger partial charge on any atom is -0.306 e. The third-order valence-corrected chi connectivity index (χ3v) is 4.36. The zero-order valence-electron chi connectivity index (χ0n) is 11.8. The Bertz CT molecular complexity index is 1000. The first-order chi connectivity index (χ1) is 10.7. The molecule has 1 amide bonds. The number of hydrogen-bond donors (Lipinski definition) is 1. The fourth-order valence-corrected chi connectivity index (χ4v) is 3.33. The lowest BCUT2D eigenvalue weighted by atomic mass is 10.2. The molecule has 0 spiro atoms. The number of hydrogen-bond acceptors (Lipinski definition) is 4. The number of fused-ring (bicyclic) bond motifs is 2. The summed E-state index contributed by atoms with van der Waals surface area (Å²) in [7, 11) is 0. The Morgan fingerprint density at radius 1 is 1.27 bits per heavy atom. The topological polar surface area (TPSA) is 59.3 Å². The molecule has 0 saturated heterocycles. The van der Waals surface area contributed by atoms with Gasteiger partial charge in [0.2, 0.25) is 0 Å². The number of pyridine rings is 1. The molecular formula is C16H12N4OS. The number of aryl methyl sites for hydroxylation is 1. The van der Waals surface area contributed by atoms with E-state index in [0.717, 1.165) is 10.2 Å². The summed E-state index contributed by atoms with van der Waals surface area (Å²) in [5.41, 5.74) is 3.24. The largest absolute Gasteiger partial charge is 0.306 e. The van der Waals surface area contributed by atoms with Crippen LogP contribution in [0.25, 0.3) is 15.9 Å². The Labute approximate surface area is 130 Å². The Kier molecular flexibility index (Phi) is 2.90. The summed E-state index contributed by atoms with van der Waals surface area (Å²) in [6.07, 6.45) is 5.35. The SMILES string of the molecule is Cc1ccc2nc(NC(=O)c3cccn4ccnc34)sc2c1. The molecule has 6 heteroatoms. The molecule has 3 aromatic heterocycles. The van der Waals surface area contributed by atoms with E-state index in [0.29, 0.717) is 16.3 Å². The van der Waals surface area contributed by atoms with Crippen LogP contribution in [0.3, 0.4) is 0 Å². The molecule has 0 saturated carbocycles. The zero-order chi connectivity index (χ0) is 15.1. The first kappa shape index (κ1) is 13.0. The highest BCUT2D eigenvalue weighted by Gasteiger charge is 2.13. The summed E-state index contributed by atoms with van der Waals surface area (Å²) in [4.78, 5) is 21.1. The van der Waals surface area contributed by atoms with Gasteiger partial charge in [-0.3, -0.25) is 10.1 Å². The van der Waals surface area contributed by atoms with E-state index in [9.17, 15) is 4.79 Å². The van der Waals surface area contributed by atoms with Gasteiger partial charge in [-0.15, -0.1) is 0 Å². The van der Waals surface area contributed by atoms with Gasteiger partial charge in [0.05, 0.1) is 15.8 Å². The Morgan fingerprint density at radius 2 is 2.18 bits per heavy atom. The van der Waals surface area contributed by atoms with Gasteiger partial charge in [0.15, 0.2) is 5.13 Å². The minimum atomic E-state index is -0.201. The van der Waals surface area contributed by atoms with Crippen molar-refractivity contribution in [2.45, 2.75) is 6.92 Å². The van der Waals surface area contributed by atoms with Crippen molar-refractivity contribution in [1.82, 2.24) is 14.4 Å². The number of anilines is 1. The smallest absolute Gasteiger partial charge is 0.261 e. The lowest BCUT2D eigenvalue weighted by Crippen LogP contribution is -2.13. The molecule has 0 fully saturated rings. The molecule has 0 aliphatic rings. The number of aromatic nitrogens is 3. The molecule has 22 heavy (non-hydrogen) atoms. The zero-order valence-corrected chi connectivity index (χ0v) is 12.6. The normalized spacial score (nSPS) is 11.1. The predicted octanol–water partition coefficient (Wildman–Crippen LogP) is 3.50. The Hall–Kier alpha value is -2.73. The number of thiazole rings is 1. The van der Waals surface area contributed by atoms with Gasteiger partial charge in [-0.25, -0.2) is 9.97 Å². The van der Waals surface area contributed by atoms with Crippen molar-refractivity contribution in [2.24, 2.45) is 0 Å². The van der Waals surface area contributed by atoms with Crippen molar-refractivity contribution in [1.29, 1.82) is 0 Å². The third-order valence-electron chi connectivity index (χ3n) is 3.43. The van der Waals surface area contributed by atoms with Crippen LogP contribution in [0, 0.1) is 6.92 Å². The van der Waals surface area contributed by atoms with E-state index in [1.165, 1.54) is 16.9 Å². The second-order valence-corrected chi connectivity index (χ2v) is 6.05. The van der Waals surface area contributed by atoms with E-state index in [4.69, 9.17) is 0 Å². The highest BCUT2D eigenvalue weighted by atomic mass is 32.1. The average molecular weight is 308 g/mol. The van der Waals surface area contributed by atoms with Crippen LogP contribution in [-0.2, 0) is 0 Å². The molecule has 0 atom stereocenters. The van der Waals surface area contributed by atoms with Crippen molar-refractivity contribution in [3.05, 3.63) is 60.0 Å². The van der Waals surface area contributed by atoms with Crippen LogP contribution in [0.5, 0.6) is 0 Å². The van der Waals surface area contributed by atoms with Gasteiger partial charge in [-0.1, -0.05) is 17.4 Å². The van der Waals surface area contributed by atoms with Crippen LogP contribution in [-0.4, -0.2) is 20.3 Å².